The van der Waals surface area contributed by atoms with Crippen LogP contribution in [0.4, 0.5) is 0 Å². The molecule has 0 saturated carbocycles. The van der Waals surface area contributed by atoms with Crippen LogP contribution in [0.2, 0.25) is 0 Å². The Bertz CT molecular complexity index is 1740. The lowest BCUT2D eigenvalue weighted by molar-refractivity contribution is -0.645. The number of aliphatic hydroxyl groups excluding tert-OH is 2. The predicted molar refractivity (Wildman–Crippen MR) is 155 cm³/mol. The average Bonchev–Trinajstić information content (AvgIpc) is 2.96. The maximum atomic E-state index is 11.8. The summed E-state index contributed by atoms with van der Waals surface area (Å²) >= 11 is 0. The van der Waals surface area contributed by atoms with Gasteiger partial charge in [-0.2, -0.15) is 13.0 Å². The van der Waals surface area contributed by atoms with Gasteiger partial charge in [0.1, 0.15) is 38.4 Å². The van der Waals surface area contributed by atoms with E-state index in [1.165, 1.54) is 0 Å². The van der Waals surface area contributed by atoms with E-state index in [9.17, 15) is 23.2 Å². The maximum Gasteiger partial charge on any atom is 0.265 e. The van der Waals surface area contributed by atoms with E-state index < -0.39 is 28.4 Å². The first kappa shape index (κ1) is 29.2. The highest BCUT2D eigenvalue weighted by Gasteiger charge is 2.31. The van der Waals surface area contributed by atoms with Crippen molar-refractivity contribution in [2.24, 2.45) is 5.73 Å². The van der Waals surface area contributed by atoms with E-state index in [0.717, 1.165) is 0 Å². The second-order valence-corrected chi connectivity index (χ2v) is 12.2. The van der Waals surface area contributed by atoms with Crippen molar-refractivity contribution in [2.75, 3.05) is 32.2 Å². The Kier molecular flexibility index (Phi) is 7.69. The molecule has 3 aromatic carbocycles. The Balaban J connectivity index is 1.59. The molecule has 2 unspecified atom stereocenters. The Morgan fingerprint density at radius 2 is 1.30 bits per heavy atom. The van der Waals surface area contributed by atoms with E-state index in [2.05, 4.69) is 0 Å². The predicted octanol–water partition coefficient (Wildman–Crippen LogP) is 2.74. The van der Waals surface area contributed by atoms with Gasteiger partial charge in [0.25, 0.3) is 10.1 Å². The molecule has 0 amide bonds. The zero-order valence-electron chi connectivity index (χ0n) is 23.7. The topological polar surface area (TPSA) is 171 Å². The lowest BCUT2D eigenvalue weighted by Crippen LogP contribution is -2.37. The van der Waals surface area contributed by atoms with Crippen LogP contribution in [0.3, 0.4) is 0 Å². The average molecular weight is 614 g/mol. The minimum absolute atomic E-state index is 0.118. The summed E-state index contributed by atoms with van der Waals surface area (Å²) in [5, 5.41) is 22.9. The van der Waals surface area contributed by atoms with Crippen LogP contribution < -0.4 is 34.0 Å². The van der Waals surface area contributed by atoms with E-state index in [-0.39, 0.29) is 13.0 Å². The number of hydrogen-bond acceptors (Lipinski definition) is 10. The van der Waals surface area contributed by atoms with Gasteiger partial charge in [-0.05, 0) is 54.8 Å². The van der Waals surface area contributed by atoms with E-state index >= 15 is 0 Å². The Morgan fingerprint density at radius 1 is 0.837 bits per heavy atom. The Hall–Kier alpha value is -3.88. The maximum absolute atomic E-state index is 11.8. The molecule has 0 bridgehead atoms. The van der Waals surface area contributed by atoms with Crippen molar-refractivity contribution < 1.29 is 51.4 Å². The Labute approximate surface area is 247 Å². The number of aryl methyl sites for hydroxylation is 3. The van der Waals surface area contributed by atoms with Crippen molar-refractivity contribution in [3.05, 3.63) is 58.7 Å². The van der Waals surface area contributed by atoms with E-state index in [0.29, 0.717) is 99.2 Å². The number of hydrogen-bond donors (Lipinski definition) is 4. The molecule has 0 saturated heterocycles. The smallest absolute Gasteiger partial charge is 0.265 e. The number of ether oxygens (including phenoxy) is 5. The number of rotatable bonds is 8. The zero-order chi connectivity index (χ0) is 30.5. The molecule has 2 aliphatic heterocycles. The first-order chi connectivity index (χ1) is 20.5. The van der Waals surface area contributed by atoms with Crippen molar-refractivity contribution >= 4 is 31.9 Å². The van der Waals surface area contributed by atoms with Crippen LogP contribution in [0, 0.1) is 13.8 Å². The molecular formula is C30H33N2O10S+. The lowest BCUT2D eigenvalue weighted by atomic mass is 9.99. The molecule has 0 fully saturated rings. The molecule has 3 heterocycles. The fourth-order valence-electron chi connectivity index (χ4n) is 5.73. The highest BCUT2D eigenvalue weighted by molar-refractivity contribution is 7.85. The lowest BCUT2D eigenvalue weighted by Gasteiger charge is -2.24. The van der Waals surface area contributed by atoms with E-state index in [1.807, 2.05) is 4.57 Å². The van der Waals surface area contributed by atoms with Gasteiger partial charge in [0.05, 0.1) is 28.7 Å². The Morgan fingerprint density at radius 3 is 1.74 bits per heavy atom. The molecule has 228 valence electrons. The highest BCUT2D eigenvalue weighted by Crippen LogP contribution is 2.43. The quantitative estimate of drug-likeness (QED) is 0.0997. The molecule has 2 atom stereocenters. The SMILES string of the molecule is Cc1cc(C(N)O)cc(C)c1OC(O)c1c2cc3c(cc2[n+](CCCS(=O)(=O)O)c2cc4c(cc12)OCCO4)OCCO3. The van der Waals surface area contributed by atoms with Crippen LogP contribution in [0.15, 0.2) is 36.4 Å². The molecule has 6 rings (SSSR count). The van der Waals surface area contributed by atoms with Crippen molar-refractivity contribution in [2.45, 2.75) is 39.3 Å². The molecule has 2 aliphatic rings. The molecule has 13 heteroatoms. The van der Waals surface area contributed by atoms with E-state index in [1.54, 1.807) is 50.2 Å². The molecule has 5 N–H and O–H groups in total. The molecule has 43 heavy (non-hydrogen) atoms. The second kappa shape index (κ2) is 11.3. The first-order valence-corrected chi connectivity index (χ1v) is 15.5. The molecular weight excluding hydrogens is 580 g/mol. The minimum atomic E-state index is -4.19. The number of pyridine rings is 1. The van der Waals surface area contributed by atoms with Gasteiger partial charge in [0.2, 0.25) is 17.3 Å². The standard InChI is InChI=1S/C30H32N2O10S/c1-16-10-18(29(31)33)11-17(2)28(16)42-30(34)27-19-12-23-25(40-7-5-38-23)14-21(19)32(4-3-9-43(35,36)37)22-15-26-24(13-20(22)27)39-6-8-41-26/h10-15,29-30,33-34H,3-9,31H2,1-2H3/p+1. The summed E-state index contributed by atoms with van der Waals surface area (Å²) in [5.74, 6) is 1.98. The molecule has 0 spiro atoms. The van der Waals surface area contributed by atoms with Gasteiger partial charge < -0.3 is 39.6 Å². The summed E-state index contributed by atoms with van der Waals surface area (Å²) in [5.41, 5.74) is 9.21. The van der Waals surface area contributed by atoms with Crippen molar-refractivity contribution in [1.29, 1.82) is 0 Å². The van der Waals surface area contributed by atoms with Crippen LogP contribution in [-0.4, -0.2) is 55.4 Å². The van der Waals surface area contributed by atoms with Crippen molar-refractivity contribution in [1.82, 2.24) is 0 Å². The van der Waals surface area contributed by atoms with Gasteiger partial charge in [-0.15, -0.1) is 0 Å². The highest BCUT2D eigenvalue weighted by atomic mass is 32.2. The molecule has 12 nitrogen and oxygen atoms in total. The molecule has 0 aliphatic carbocycles. The largest absolute Gasteiger partial charge is 0.486 e. The number of benzene rings is 3. The number of nitrogens with two attached hydrogens (primary N) is 1. The third kappa shape index (κ3) is 5.74. The van der Waals surface area contributed by atoms with Crippen LogP contribution >= 0.6 is 0 Å². The van der Waals surface area contributed by atoms with Crippen LogP contribution in [0.5, 0.6) is 28.7 Å². The third-order valence-corrected chi connectivity index (χ3v) is 8.37. The van der Waals surface area contributed by atoms with Crippen LogP contribution in [0.25, 0.3) is 21.8 Å². The van der Waals surface area contributed by atoms with Crippen molar-refractivity contribution in [3.63, 3.8) is 0 Å². The van der Waals surface area contributed by atoms with Crippen molar-refractivity contribution in [3.8, 4) is 28.7 Å². The monoisotopic (exact) mass is 613 g/mol. The van der Waals surface area contributed by atoms with Gasteiger partial charge in [0, 0.05) is 12.0 Å². The first-order valence-electron chi connectivity index (χ1n) is 13.9. The minimum Gasteiger partial charge on any atom is -0.486 e. The third-order valence-electron chi connectivity index (χ3n) is 7.57. The second-order valence-electron chi connectivity index (χ2n) is 10.6. The number of aromatic nitrogens is 1. The number of aliphatic hydroxyl groups is 2. The van der Waals surface area contributed by atoms with Gasteiger partial charge >= 0.3 is 0 Å². The van der Waals surface area contributed by atoms with Crippen LogP contribution in [0.1, 0.15) is 41.2 Å². The summed E-state index contributed by atoms with van der Waals surface area (Å²) in [4.78, 5) is 0. The van der Waals surface area contributed by atoms with Crippen LogP contribution in [-0.2, 0) is 16.7 Å². The summed E-state index contributed by atoms with van der Waals surface area (Å²) in [7, 11) is -4.19. The van der Waals surface area contributed by atoms with Gasteiger partial charge in [-0.3, -0.25) is 4.55 Å². The fraction of sp³-hybridized carbons (Fsp3) is 0.367. The fourth-order valence-corrected chi connectivity index (χ4v) is 6.23. The summed E-state index contributed by atoms with van der Waals surface area (Å²) in [6.07, 6.45) is -2.52. The normalized spacial score (nSPS) is 15.9. The van der Waals surface area contributed by atoms with Gasteiger partial charge in [-0.25, -0.2) is 0 Å². The zero-order valence-corrected chi connectivity index (χ0v) is 24.5. The van der Waals surface area contributed by atoms with Gasteiger partial charge in [-0.1, -0.05) is 0 Å². The molecule has 4 aromatic rings. The number of nitrogens with zero attached hydrogens (tertiary/aromatic N) is 1. The number of fused-ring (bicyclic) bond motifs is 4. The summed E-state index contributed by atoms with van der Waals surface area (Å²) in [6, 6.07) is 10.5. The summed E-state index contributed by atoms with van der Waals surface area (Å²) in [6.45, 7) is 5.24. The van der Waals surface area contributed by atoms with Gasteiger partial charge in [0.15, 0.2) is 29.5 Å². The molecule has 0 radical (unpaired) electrons. The van der Waals surface area contributed by atoms with E-state index in [4.69, 9.17) is 29.4 Å². The summed E-state index contributed by atoms with van der Waals surface area (Å²) < 4.78 is 64.2. The molecule has 1 aromatic heterocycles.